The number of aromatic amines is 1. The number of ether oxygens (including phenoxy) is 1. The first-order chi connectivity index (χ1) is 18.1. The molecule has 1 saturated heterocycles. The Morgan fingerprint density at radius 2 is 1.46 bits per heavy atom. The summed E-state index contributed by atoms with van der Waals surface area (Å²) in [6.07, 6.45) is 1.10. The molecule has 1 aliphatic rings. The third-order valence-corrected chi connectivity index (χ3v) is 7.77. The van der Waals surface area contributed by atoms with Gasteiger partial charge >= 0.3 is 0 Å². The molecule has 0 bridgehead atoms. The topological polar surface area (TPSA) is 44.4 Å². The van der Waals surface area contributed by atoms with Crippen molar-refractivity contribution in [1.82, 2.24) is 19.8 Å². The van der Waals surface area contributed by atoms with E-state index >= 15 is 0 Å². The smallest absolute Gasteiger partial charge is 0.137 e. The molecule has 5 nitrogen and oxygen atoms in total. The third-order valence-electron chi connectivity index (χ3n) is 7.77. The van der Waals surface area contributed by atoms with Crippen LogP contribution in [-0.4, -0.2) is 59.6 Å². The molecule has 0 spiro atoms. The number of aryl methyl sites for hydroxylation is 1. The molecule has 5 rings (SSSR count). The lowest BCUT2D eigenvalue weighted by molar-refractivity contribution is 0.0992. The monoisotopic (exact) mass is 494 g/mol. The second-order valence-corrected chi connectivity index (χ2v) is 10.0. The summed E-state index contributed by atoms with van der Waals surface area (Å²) in [6, 6.07) is 30.2. The molecule has 0 amide bonds. The highest BCUT2D eigenvalue weighted by Gasteiger charge is 2.26. The SMILES string of the molecule is COc1ccc(C(CCN2CCN(C(C)c3nc(-c4ccccc4)[nH]c3C)CC2)c2ccccc2)cc1. The van der Waals surface area contributed by atoms with E-state index in [0.29, 0.717) is 12.0 Å². The first-order valence-electron chi connectivity index (χ1n) is 13.4. The Morgan fingerprint density at radius 3 is 2.11 bits per heavy atom. The molecular formula is C32H38N4O. The van der Waals surface area contributed by atoms with Gasteiger partial charge in [-0.25, -0.2) is 4.98 Å². The summed E-state index contributed by atoms with van der Waals surface area (Å²) in [6.45, 7) is 9.83. The fourth-order valence-corrected chi connectivity index (χ4v) is 5.52. The maximum atomic E-state index is 5.38. The van der Waals surface area contributed by atoms with Crippen LogP contribution in [0.15, 0.2) is 84.9 Å². The minimum atomic E-state index is 0.298. The number of benzene rings is 3. The van der Waals surface area contributed by atoms with E-state index in [9.17, 15) is 0 Å². The van der Waals surface area contributed by atoms with Crippen molar-refractivity contribution in [3.8, 4) is 17.1 Å². The number of rotatable bonds is 9. The van der Waals surface area contributed by atoms with Gasteiger partial charge in [0.25, 0.3) is 0 Å². The second-order valence-electron chi connectivity index (χ2n) is 10.0. The van der Waals surface area contributed by atoms with Gasteiger partial charge in [-0.05, 0) is 50.1 Å². The van der Waals surface area contributed by atoms with E-state index in [0.717, 1.165) is 62.0 Å². The Hall–Kier alpha value is -3.41. The lowest BCUT2D eigenvalue weighted by atomic mass is 9.88. The van der Waals surface area contributed by atoms with Gasteiger partial charge in [-0.15, -0.1) is 0 Å². The molecule has 0 radical (unpaired) electrons. The van der Waals surface area contributed by atoms with Gasteiger partial charge in [0, 0.05) is 43.4 Å². The Labute approximate surface area is 221 Å². The van der Waals surface area contributed by atoms with Crippen molar-refractivity contribution in [2.45, 2.75) is 32.2 Å². The van der Waals surface area contributed by atoms with Crippen LogP contribution in [0.1, 0.15) is 47.8 Å². The Morgan fingerprint density at radius 1 is 0.838 bits per heavy atom. The van der Waals surface area contributed by atoms with Gasteiger partial charge in [-0.3, -0.25) is 4.90 Å². The van der Waals surface area contributed by atoms with Crippen LogP contribution in [0.2, 0.25) is 0 Å². The molecule has 1 aliphatic heterocycles. The van der Waals surface area contributed by atoms with E-state index < -0.39 is 0 Å². The van der Waals surface area contributed by atoms with Crippen molar-refractivity contribution in [1.29, 1.82) is 0 Å². The number of hydrogen-bond acceptors (Lipinski definition) is 4. The van der Waals surface area contributed by atoms with Crippen LogP contribution in [0, 0.1) is 6.92 Å². The molecule has 37 heavy (non-hydrogen) atoms. The number of imidazole rings is 1. The highest BCUT2D eigenvalue weighted by molar-refractivity contribution is 5.55. The zero-order valence-electron chi connectivity index (χ0n) is 22.2. The standard InChI is InChI=1S/C32H38N4O/c1-24-31(34-32(33-24)28-12-8-5-9-13-28)25(2)36-22-20-35(21-23-36)19-18-30(26-10-6-4-7-11-26)27-14-16-29(37-3)17-15-27/h4-17,25,30H,18-23H2,1-3H3,(H,33,34). The number of nitrogens with one attached hydrogen (secondary N) is 1. The lowest BCUT2D eigenvalue weighted by Crippen LogP contribution is -2.47. The van der Waals surface area contributed by atoms with Crippen LogP contribution in [0.5, 0.6) is 5.75 Å². The fraction of sp³-hybridized carbons (Fsp3) is 0.344. The summed E-state index contributed by atoms with van der Waals surface area (Å²) in [5, 5.41) is 0. The van der Waals surface area contributed by atoms with Gasteiger partial charge in [0.05, 0.1) is 18.8 Å². The number of piperazine rings is 1. The Bertz CT molecular complexity index is 1250. The summed E-state index contributed by atoms with van der Waals surface area (Å²) in [5.74, 6) is 2.25. The average Bonchev–Trinajstić information content (AvgIpc) is 3.36. The van der Waals surface area contributed by atoms with E-state index in [-0.39, 0.29) is 0 Å². The van der Waals surface area contributed by atoms with Crippen LogP contribution in [-0.2, 0) is 0 Å². The summed E-state index contributed by atoms with van der Waals surface area (Å²) in [5.41, 5.74) is 6.19. The highest BCUT2D eigenvalue weighted by atomic mass is 16.5. The maximum absolute atomic E-state index is 5.38. The van der Waals surface area contributed by atoms with Gasteiger partial charge in [-0.2, -0.15) is 0 Å². The average molecular weight is 495 g/mol. The largest absolute Gasteiger partial charge is 0.497 e. The lowest BCUT2D eigenvalue weighted by Gasteiger charge is -2.38. The predicted octanol–water partition coefficient (Wildman–Crippen LogP) is 6.29. The van der Waals surface area contributed by atoms with Crippen molar-refractivity contribution in [2.24, 2.45) is 0 Å². The van der Waals surface area contributed by atoms with Crippen LogP contribution >= 0.6 is 0 Å². The van der Waals surface area contributed by atoms with Gasteiger partial charge < -0.3 is 14.6 Å². The fourth-order valence-electron chi connectivity index (χ4n) is 5.52. The van der Waals surface area contributed by atoms with Crippen LogP contribution in [0.3, 0.4) is 0 Å². The molecule has 5 heteroatoms. The van der Waals surface area contributed by atoms with Crippen molar-refractivity contribution >= 4 is 0 Å². The zero-order chi connectivity index (χ0) is 25.6. The molecule has 1 aromatic heterocycles. The number of aromatic nitrogens is 2. The van der Waals surface area contributed by atoms with Crippen molar-refractivity contribution < 1.29 is 4.74 Å². The summed E-state index contributed by atoms with van der Waals surface area (Å²) < 4.78 is 5.38. The van der Waals surface area contributed by atoms with Crippen molar-refractivity contribution in [3.05, 3.63) is 107 Å². The first-order valence-corrected chi connectivity index (χ1v) is 13.4. The molecule has 1 fully saturated rings. The Kier molecular flexibility index (Phi) is 8.02. The molecule has 2 heterocycles. The molecule has 192 valence electrons. The first kappa shape index (κ1) is 25.2. The maximum Gasteiger partial charge on any atom is 0.137 e. The normalized spacial score (nSPS) is 16.4. The van der Waals surface area contributed by atoms with E-state index in [1.54, 1.807) is 7.11 Å². The summed E-state index contributed by atoms with van der Waals surface area (Å²) >= 11 is 0. The third kappa shape index (κ3) is 5.95. The Balaban J connectivity index is 1.20. The number of H-pyrrole nitrogens is 1. The van der Waals surface area contributed by atoms with Gasteiger partial charge in [0.15, 0.2) is 0 Å². The molecule has 4 aromatic rings. The van der Waals surface area contributed by atoms with Crippen molar-refractivity contribution in [2.75, 3.05) is 39.8 Å². The molecular weight excluding hydrogens is 456 g/mol. The molecule has 0 saturated carbocycles. The number of hydrogen-bond donors (Lipinski definition) is 1. The van der Waals surface area contributed by atoms with Crippen LogP contribution < -0.4 is 4.74 Å². The van der Waals surface area contributed by atoms with E-state index in [2.05, 4.69) is 107 Å². The van der Waals surface area contributed by atoms with Gasteiger partial charge in [0.1, 0.15) is 11.6 Å². The quantitative estimate of drug-likeness (QED) is 0.297. The second kappa shape index (κ2) is 11.8. The summed E-state index contributed by atoms with van der Waals surface area (Å²) in [4.78, 5) is 13.7. The van der Waals surface area contributed by atoms with Crippen molar-refractivity contribution in [3.63, 3.8) is 0 Å². The number of nitrogens with zero attached hydrogens (tertiary/aromatic N) is 3. The highest BCUT2D eigenvalue weighted by Crippen LogP contribution is 2.30. The van der Waals surface area contributed by atoms with E-state index in [1.807, 2.05) is 6.07 Å². The van der Waals surface area contributed by atoms with Gasteiger partial charge in [-0.1, -0.05) is 72.8 Å². The van der Waals surface area contributed by atoms with Gasteiger partial charge in [0.2, 0.25) is 0 Å². The summed E-state index contributed by atoms with van der Waals surface area (Å²) in [7, 11) is 1.72. The van der Waals surface area contributed by atoms with Crippen LogP contribution in [0.4, 0.5) is 0 Å². The molecule has 2 unspecified atom stereocenters. The predicted molar refractivity (Wildman–Crippen MR) is 151 cm³/mol. The molecule has 1 N–H and O–H groups in total. The van der Waals surface area contributed by atoms with E-state index in [4.69, 9.17) is 9.72 Å². The van der Waals surface area contributed by atoms with Crippen LogP contribution in [0.25, 0.3) is 11.4 Å². The molecule has 2 atom stereocenters. The zero-order valence-corrected chi connectivity index (χ0v) is 22.2. The van der Waals surface area contributed by atoms with E-state index in [1.165, 1.54) is 16.8 Å². The number of methoxy groups -OCH3 is 1. The minimum Gasteiger partial charge on any atom is -0.497 e. The molecule has 3 aromatic carbocycles. The minimum absolute atomic E-state index is 0.298. The molecule has 0 aliphatic carbocycles.